The molecule has 0 saturated carbocycles. The van der Waals surface area contributed by atoms with Crippen molar-refractivity contribution in [3.63, 3.8) is 0 Å². The molecular formula is C13H19N3O4. The number of nitro benzene ring substituents is 1. The monoisotopic (exact) mass is 281 g/mol. The Morgan fingerprint density at radius 3 is 2.60 bits per heavy atom. The molecule has 0 saturated heterocycles. The lowest BCUT2D eigenvalue weighted by Crippen LogP contribution is -2.28. The minimum atomic E-state index is -0.441. The number of nitro groups is 1. The van der Waals surface area contributed by atoms with Crippen LogP contribution in [-0.2, 0) is 9.53 Å². The van der Waals surface area contributed by atoms with E-state index in [-0.39, 0.29) is 30.7 Å². The number of ether oxygens (including phenoxy) is 1. The van der Waals surface area contributed by atoms with Crippen LogP contribution in [0.2, 0.25) is 0 Å². The molecule has 0 aromatic heterocycles. The minimum Gasteiger partial charge on any atom is -0.380 e. The average molecular weight is 281 g/mol. The molecule has 1 aromatic rings. The van der Waals surface area contributed by atoms with Gasteiger partial charge in [0.05, 0.1) is 17.4 Å². The van der Waals surface area contributed by atoms with E-state index in [1.54, 1.807) is 19.9 Å². The number of amides is 1. The first-order valence-electron chi connectivity index (χ1n) is 6.17. The van der Waals surface area contributed by atoms with Crippen molar-refractivity contribution in [2.24, 2.45) is 5.73 Å². The fourth-order valence-electron chi connectivity index (χ4n) is 1.80. The van der Waals surface area contributed by atoms with Crippen molar-refractivity contribution in [1.82, 2.24) is 0 Å². The summed E-state index contributed by atoms with van der Waals surface area (Å²) in [6, 6.07) is 3.04. The molecule has 1 amide bonds. The average Bonchev–Trinajstić information content (AvgIpc) is 2.39. The van der Waals surface area contributed by atoms with Gasteiger partial charge in [-0.15, -0.1) is 0 Å². The third-order valence-electron chi connectivity index (χ3n) is 3.02. The molecule has 0 aliphatic carbocycles. The Labute approximate surface area is 117 Å². The van der Waals surface area contributed by atoms with Gasteiger partial charge in [0, 0.05) is 31.0 Å². The molecule has 1 rings (SSSR count). The van der Waals surface area contributed by atoms with E-state index < -0.39 is 4.92 Å². The Hall–Kier alpha value is -1.99. The lowest BCUT2D eigenvalue weighted by molar-refractivity contribution is -0.385. The number of nitrogens with one attached hydrogen (secondary N) is 1. The summed E-state index contributed by atoms with van der Waals surface area (Å²) in [5, 5.41) is 13.5. The van der Waals surface area contributed by atoms with Gasteiger partial charge in [0.15, 0.2) is 0 Å². The quantitative estimate of drug-likeness (QED) is 0.607. The number of methoxy groups -OCH3 is 1. The van der Waals surface area contributed by atoms with Crippen LogP contribution in [0.25, 0.3) is 0 Å². The van der Waals surface area contributed by atoms with Gasteiger partial charge in [-0.3, -0.25) is 14.9 Å². The van der Waals surface area contributed by atoms with E-state index in [0.29, 0.717) is 16.8 Å². The summed E-state index contributed by atoms with van der Waals surface area (Å²) in [5.74, 6) is -0.237. The van der Waals surface area contributed by atoms with Crippen molar-refractivity contribution < 1.29 is 14.5 Å². The number of rotatable bonds is 6. The zero-order valence-corrected chi connectivity index (χ0v) is 11.8. The number of hydrogen-bond acceptors (Lipinski definition) is 5. The van der Waals surface area contributed by atoms with Gasteiger partial charge in [0.2, 0.25) is 5.91 Å². The largest absolute Gasteiger partial charge is 0.380 e. The molecule has 0 aliphatic heterocycles. The van der Waals surface area contributed by atoms with Gasteiger partial charge in [-0.2, -0.15) is 0 Å². The summed E-state index contributed by atoms with van der Waals surface area (Å²) in [6.45, 7) is 3.59. The van der Waals surface area contributed by atoms with Crippen LogP contribution in [0.5, 0.6) is 0 Å². The standard InChI is InChI=1S/C13H19N3O4/c1-8-5-12(16(18)19)9(2)4-11(8)15-13(17)6-10(7-14)20-3/h4-5,10H,6-7,14H2,1-3H3,(H,15,17). The van der Waals surface area contributed by atoms with Crippen LogP contribution in [-0.4, -0.2) is 30.6 Å². The first-order chi connectivity index (χ1) is 9.38. The number of carbonyl (C=O) groups is 1. The molecule has 7 heteroatoms. The van der Waals surface area contributed by atoms with E-state index in [9.17, 15) is 14.9 Å². The van der Waals surface area contributed by atoms with Crippen molar-refractivity contribution >= 4 is 17.3 Å². The normalized spacial score (nSPS) is 12.0. The van der Waals surface area contributed by atoms with Crippen molar-refractivity contribution in [1.29, 1.82) is 0 Å². The van der Waals surface area contributed by atoms with Crippen molar-refractivity contribution in [2.45, 2.75) is 26.4 Å². The van der Waals surface area contributed by atoms with Crippen LogP contribution in [0.15, 0.2) is 12.1 Å². The smallest absolute Gasteiger partial charge is 0.272 e. The highest BCUT2D eigenvalue weighted by Crippen LogP contribution is 2.26. The molecule has 110 valence electrons. The molecular weight excluding hydrogens is 262 g/mol. The molecule has 0 aliphatic rings. The van der Waals surface area contributed by atoms with Gasteiger partial charge in [0.25, 0.3) is 5.69 Å². The minimum absolute atomic E-state index is 0.0391. The number of anilines is 1. The van der Waals surface area contributed by atoms with Crippen LogP contribution < -0.4 is 11.1 Å². The predicted octanol–water partition coefficient (Wildman–Crippen LogP) is 1.51. The number of carbonyl (C=O) groups excluding carboxylic acids is 1. The summed E-state index contributed by atoms with van der Waals surface area (Å²) in [7, 11) is 1.49. The van der Waals surface area contributed by atoms with E-state index in [4.69, 9.17) is 10.5 Å². The summed E-state index contributed by atoms with van der Waals surface area (Å²) in [5.41, 5.74) is 7.19. The molecule has 7 nitrogen and oxygen atoms in total. The second kappa shape index (κ2) is 6.97. The second-order valence-corrected chi connectivity index (χ2v) is 4.56. The van der Waals surface area contributed by atoms with Gasteiger partial charge < -0.3 is 15.8 Å². The maximum absolute atomic E-state index is 11.8. The molecule has 3 N–H and O–H groups in total. The lowest BCUT2D eigenvalue weighted by atomic mass is 10.1. The van der Waals surface area contributed by atoms with Gasteiger partial charge in [-0.25, -0.2) is 0 Å². The number of benzene rings is 1. The van der Waals surface area contributed by atoms with Crippen molar-refractivity contribution in [3.8, 4) is 0 Å². The highest BCUT2D eigenvalue weighted by atomic mass is 16.6. The first-order valence-corrected chi connectivity index (χ1v) is 6.17. The Morgan fingerprint density at radius 1 is 1.45 bits per heavy atom. The lowest BCUT2D eigenvalue weighted by Gasteiger charge is -2.14. The van der Waals surface area contributed by atoms with E-state index >= 15 is 0 Å². The van der Waals surface area contributed by atoms with Crippen LogP contribution in [0.4, 0.5) is 11.4 Å². The van der Waals surface area contributed by atoms with Crippen LogP contribution in [0, 0.1) is 24.0 Å². The van der Waals surface area contributed by atoms with Crippen LogP contribution in [0.3, 0.4) is 0 Å². The molecule has 0 heterocycles. The second-order valence-electron chi connectivity index (χ2n) is 4.56. The first kappa shape index (κ1) is 16.1. The Bertz CT molecular complexity index is 513. The fourth-order valence-corrected chi connectivity index (χ4v) is 1.80. The van der Waals surface area contributed by atoms with Gasteiger partial charge in [-0.1, -0.05) is 0 Å². The third-order valence-corrected chi connectivity index (χ3v) is 3.02. The predicted molar refractivity (Wildman–Crippen MR) is 75.7 cm³/mol. The molecule has 0 radical (unpaired) electrons. The highest BCUT2D eigenvalue weighted by molar-refractivity contribution is 5.92. The maximum Gasteiger partial charge on any atom is 0.272 e. The van der Waals surface area contributed by atoms with E-state index in [1.807, 2.05) is 0 Å². The van der Waals surface area contributed by atoms with Gasteiger partial charge in [0.1, 0.15) is 0 Å². The zero-order valence-electron chi connectivity index (χ0n) is 11.8. The zero-order chi connectivity index (χ0) is 15.3. The van der Waals surface area contributed by atoms with Crippen LogP contribution >= 0.6 is 0 Å². The van der Waals surface area contributed by atoms with Crippen LogP contribution in [0.1, 0.15) is 17.5 Å². The topological polar surface area (TPSA) is 107 Å². The van der Waals surface area contributed by atoms with Crippen molar-refractivity contribution in [2.75, 3.05) is 19.0 Å². The SMILES string of the molecule is COC(CN)CC(=O)Nc1cc(C)c([N+](=O)[O-])cc1C. The number of nitrogens with two attached hydrogens (primary N) is 1. The van der Waals surface area contributed by atoms with Gasteiger partial charge in [-0.05, 0) is 25.5 Å². The third kappa shape index (κ3) is 4.01. The van der Waals surface area contributed by atoms with E-state index in [2.05, 4.69) is 5.32 Å². The number of hydrogen-bond donors (Lipinski definition) is 2. The Morgan fingerprint density at radius 2 is 2.10 bits per heavy atom. The number of aryl methyl sites for hydroxylation is 2. The maximum atomic E-state index is 11.8. The molecule has 0 bridgehead atoms. The highest BCUT2D eigenvalue weighted by Gasteiger charge is 2.16. The summed E-state index contributed by atoms with van der Waals surface area (Å²) >= 11 is 0. The summed E-state index contributed by atoms with van der Waals surface area (Å²) in [4.78, 5) is 22.2. The molecule has 1 aromatic carbocycles. The molecule has 1 atom stereocenters. The number of nitrogens with zero attached hydrogens (tertiary/aromatic N) is 1. The fraction of sp³-hybridized carbons (Fsp3) is 0.462. The summed E-state index contributed by atoms with van der Waals surface area (Å²) in [6.07, 6.45) is -0.197. The Kier molecular flexibility index (Phi) is 5.60. The van der Waals surface area contributed by atoms with E-state index in [0.717, 1.165) is 0 Å². The molecule has 1 unspecified atom stereocenters. The van der Waals surface area contributed by atoms with Gasteiger partial charge >= 0.3 is 0 Å². The molecule has 0 spiro atoms. The summed E-state index contributed by atoms with van der Waals surface area (Å²) < 4.78 is 5.04. The molecule has 20 heavy (non-hydrogen) atoms. The van der Waals surface area contributed by atoms with Crippen molar-refractivity contribution in [3.05, 3.63) is 33.4 Å². The Balaban J connectivity index is 2.85. The molecule has 0 fully saturated rings. The van der Waals surface area contributed by atoms with E-state index in [1.165, 1.54) is 13.2 Å².